The maximum atomic E-state index is 11.9. The summed E-state index contributed by atoms with van der Waals surface area (Å²) in [6.45, 7) is 0. The maximum absolute atomic E-state index is 11.9. The van der Waals surface area contributed by atoms with Crippen LogP contribution in [0.15, 0.2) is 18.2 Å². The molecule has 0 aromatic heterocycles. The quantitative estimate of drug-likeness (QED) is 0.712. The van der Waals surface area contributed by atoms with Gasteiger partial charge in [-0.25, -0.2) is 16.8 Å². The molecule has 0 aliphatic carbocycles. The number of anilines is 2. The van der Waals surface area contributed by atoms with Gasteiger partial charge in [0.15, 0.2) is 5.08 Å². The van der Waals surface area contributed by atoms with E-state index in [4.69, 9.17) is 11.6 Å². The summed E-state index contributed by atoms with van der Waals surface area (Å²) in [5.74, 6) is 0. The summed E-state index contributed by atoms with van der Waals surface area (Å²) in [5.41, 5.74) is 0.522. The number of nitrogens with zero attached hydrogens (tertiary/aromatic N) is 2. The third-order valence-corrected chi connectivity index (χ3v) is 7.43. The molecule has 0 saturated carbocycles. The first-order chi connectivity index (χ1) is 8.15. The van der Waals surface area contributed by atoms with Crippen LogP contribution in [-0.2, 0) is 20.0 Å². The molecule has 1 aromatic rings. The highest BCUT2D eigenvalue weighted by Gasteiger charge is 2.36. The van der Waals surface area contributed by atoms with Gasteiger partial charge in [0.25, 0.3) is 20.0 Å². The Morgan fingerprint density at radius 2 is 1.50 bits per heavy atom. The Labute approximate surface area is 111 Å². The second kappa shape index (κ2) is 4.01. The van der Waals surface area contributed by atoms with Gasteiger partial charge in [-0.1, -0.05) is 11.6 Å². The number of halogens is 1. The molecule has 0 atom stereocenters. The molecule has 100 valence electrons. The fourth-order valence-electron chi connectivity index (χ4n) is 1.66. The SMILES string of the molecule is CN1c2ccc(Cl)cc2N(C)S(=O)(=O)CS1(=O)=O. The molecule has 0 amide bonds. The fraction of sp³-hybridized carbons (Fsp3) is 0.333. The van der Waals surface area contributed by atoms with Gasteiger partial charge in [-0.2, -0.15) is 0 Å². The molecule has 0 fully saturated rings. The van der Waals surface area contributed by atoms with Gasteiger partial charge in [0.05, 0.1) is 11.4 Å². The molecule has 1 aromatic carbocycles. The smallest absolute Gasteiger partial charge is 0.251 e. The first kappa shape index (κ1) is 13.4. The van der Waals surface area contributed by atoms with E-state index in [-0.39, 0.29) is 11.4 Å². The van der Waals surface area contributed by atoms with E-state index in [1.807, 2.05) is 0 Å². The van der Waals surface area contributed by atoms with Crippen LogP contribution >= 0.6 is 11.6 Å². The van der Waals surface area contributed by atoms with Gasteiger partial charge in [0.1, 0.15) is 0 Å². The molecular weight excluding hydrogens is 300 g/mol. The Bertz CT molecular complexity index is 699. The third kappa shape index (κ3) is 2.04. The second-order valence-electron chi connectivity index (χ2n) is 3.91. The largest absolute Gasteiger partial charge is 0.270 e. The van der Waals surface area contributed by atoms with E-state index >= 15 is 0 Å². The second-order valence-corrected chi connectivity index (χ2v) is 8.71. The summed E-state index contributed by atoms with van der Waals surface area (Å²) in [7, 11) is -5.21. The van der Waals surface area contributed by atoms with E-state index in [0.717, 1.165) is 8.61 Å². The molecule has 1 aliphatic heterocycles. The molecule has 9 heteroatoms. The normalized spacial score (nSPS) is 21.3. The predicted octanol–water partition coefficient (Wildman–Crippen LogP) is 0.843. The van der Waals surface area contributed by atoms with Crippen LogP contribution in [0.5, 0.6) is 0 Å². The molecular formula is C9H11ClN2O4S2. The van der Waals surface area contributed by atoms with Gasteiger partial charge < -0.3 is 0 Å². The van der Waals surface area contributed by atoms with Crippen LogP contribution in [-0.4, -0.2) is 36.0 Å². The average molecular weight is 311 g/mol. The van der Waals surface area contributed by atoms with Gasteiger partial charge in [-0.3, -0.25) is 8.61 Å². The van der Waals surface area contributed by atoms with Crippen LogP contribution in [0.1, 0.15) is 0 Å². The van der Waals surface area contributed by atoms with Crippen molar-refractivity contribution >= 4 is 43.0 Å². The molecule has 0 radical (unpaired) electrons. The van der Waals surface area contributed by atoms with Gasteiger partial charge in [0, 0.05) is 19.1 Å². The van der Waals surface area contributed by atoms with Crippen LogP contribution in [0, 0.1) is 0 Å². The van der Waals surface area contributed by atoms with E-state index in [0.29, 0.717) is 5.02 Å². The molecule has 0 saturated heterocycles. The minimum atomic E-state index is -3.92. The molecule has 0 unspecified atom stereocenters. The highest BCUT2D eigenvalue weighted by atomic mass is 35.5. The highest BCUT2D eigenvalue weighted by Crippen LogP contribution is 2.36. The van der Waals surface area contributed by atoms with Crippen LogP contribution < -0.4 is 8.61 Å². The highest BCUT2D eigenvalue weighted by molar-refractivity contribution is 8.09. The van der Waals surface area contributed by atoms with Crippen molar-refractivity contribution in [2.24, 2.45) is 0 Å². The molecule has 0 spiro atoms. The third-order valence-electron chi connectivity index (χ3n) is 2.75. The predicted molar refractivity (Wildman–Crippen MR) is 71.0 cm³/mol. The summed E-state index contributed by atoms with van der Waals surface area (Å²) in [4.78, 5) is 0. The standard InChI is InChI=1S/C9H11ClN2O4S2/c1-11-8-4-3-7(10)5-9(8)12(2)18(15,16)6-17(11,13)14/h3-5H,6H2,1-2H3. The minimum Gasteiger partial charge on any atom is -0.270 e. The van der Waals surface area contributed by atoms with Gasteiger partial charge in [-0.15, -0.1) is 0 Å². The number of sulfonamides is 2. The fourth-order valence-corrected chi connectivity index (χ4v) is 5.50. The maximum Gasteiger partial charge on any atom is 0.251 e. The summed E-state index contributed by atoms with van der Waals surface area (Å²) in [6.07, 6.45) is 0. The summed E-state index contributed by atoms with van der Waals surface area (Å²) in [5, 5.41) is -0.622. The van der Waals surface area contributed by atoms with E-state index in [1.165, 1.54) is 32.3 Å². The zero-order valence-corrected chi connectivity index (χ0v) is 12.0. The van der Waals surface area contributed by atoms with Crippen molar-refractivity contribution < 1.29 is 16.8 Å². The Morgan fingerprint density at radius 3 is 2.06 bits per heavy atom. The van der Waals surface area contributed by atoms with Crippen molar-refractivity contribution in [3.05, 3.63) is 23.2 Å². The zero-order chi connectivity index (χ0) is 13.7. The van der Waals surface area contributed by atoms with Crippen molar-refractivity contribution in [1.82, 2.24) is 0 Å². The average Bonchev–Trinajstić information content (AvgIpc) is 2.28. The summed E-state index contributed by atoms with van der Waals surface area (Å²) in [6, 6.07) is 4.41. The molecule has 6 nitrogen and oxygen atoms in total. The Balaban J connectivity index is 2.82. The Kier molecular flexibility index (Phi) is 2.99. The summed E-state index contributed by atoms with van der Waals surface area (Å²) < 4.78 is 49.5. The Hall–Kier alpha value is -0.990. The first-order valence-corrected chi connectivity index (χ1v) is 8.47. The van der Waals surface area contributed by atoms with Crippen molar-refractivity contribution in [2.75, 3.05) is 27.8 Å². The van der Waals surface area contributed by atoms with Crippen LogP contribution in [0.25, 0.3) is 0 Å². The van der Waals surface area contributed by atoms with E-state index in [1.54, 1.807) is 0 Å². The lowest BCUT2D eigenvalue weighted by Gasteiger charge is -2.20. The minimum absolute atomic E-state index is 0.242. The van der Waals surface area contributed by atoms with Gasteiger partial charge >= 0.3 is 0 Å². The zero-order valence-electron chi connectivity index (χ0n) is 9.66. The monoisotopic (exact) mass is 310 g/mol. The molecule has 2 rings (SSSR count). The van der Waals surface area contributed by atoms with Gasteiger partial charge in [-0.05, 0) is 18.2 Å². The van der Waals surface area contributed by atoms with E-state index in [9.17, 15) is 16.8 Å². The number of rotatable bonds is 0. The number of benzene rings is 1. The van der Waals surface area contributed by atoms with Crippen molar-refractivity contribution in [3.8, 4) is 0 Å². The molecule has 1 aliphatic rings. The van der Waals surface area contributed by atoms with Crippen molar-refractivity contribution in [2.45, 2.75) is 0 Å². The molecule has 0 bridgehead atoms. The van der Waals surface area contributed by atoms with E-state index < -0.39 is 25.1 Å². The number of hydrogen-bond donors (Lipinski definition) is 0. The van der Waals surface area contributed by atoms with Crippen LogP contribution in [0.4, 0.5) is 11.4 Å². The number of fused-ring (bicyclic) bond motifs is 1. The van der Waals surface area contributed by atoms with Crippen molar-refractivity contribution in [1.29, 1.82) is 0 Å². The first-order valence-electron chi connectivity index (χ1n) is 4.88. The molecule has 1 heterocycles. The lowest BCUT2D eigenvalue weighted by atomic mass is 10.2. The Morgan fingerprint density at radius 1 is 1.00 bits per heavy atom. The van der Waals surface area contributed by atoms with Crippen molar-refractivity contribution in [3.63, 3.8) is 0 Å². The summed E-state index contributed by atoms with van der Waals surface area (Å²) >= 11 is 5.82. The molecule has 0 N–H and O–H groups in total. The van der Waals surface area contributed by atoms with Crippen LogP contribution in [0.2, 0.25) is 5.02 Å². The molecule has 18 heavy (non-hydrogen) atoms. The van der Waals surface area contributed by atoms with Crippen LogP contribution in [0.3, 0.4) is 0 Å². The van der Waals surface area contributed by atoms with E-state index in [2.05, 4.69) is 0 Å². The lowest BCUT2D eigenvalue weighted by Crippen LogP contribution is -2.33. The topological polar surface area (TPSA) is 74.8 Å². The lowest BCUT2D eigenvalue weighted by molar-refractivity contribution is 0.588. The number of hydrogen-bond acceptors (Lipinski definition) is 4. The van der Waals surface area contributed by atoms with Gasteiger partial charge in [0.2, 0.25) is 0 Å².